The standard InChI is InChI=1S/C38H72O4/c1-5-9-12-15-18-21-24-27-30-34(36(38(41)42)32-29-26-23-20-17-14-11-7-3)33(8-4)35(37(39)40)31-28-25-22-19-16-13-10-6-2/h8,33-36H,4-7,9-32H2,1-3H3,(H,39,40)(H,41,42). The Labute approximate surface area is 261 Å². The largest absolute Gasteiger partial charge is 0.481 e. The summed E-state index contributed by atoms with van der Waals surface area (Å²) in [6, 6.07) is 0. The normalized spacial score (nSPS) is 14.4. The summed E-state index contributed by atoms with van der Waals surface area (Å²) in [4.78, 5) is 25.2. The maximum Gasteiger partial charge on any atom is 0.307 e. The van der Waals surface area contributed by atoms with Crippen LogP contribution in [-0.2, 0) is 9.59 Å². The van der Waals surface area contributed by atoms with E-state index in [4.69, 9.17) is 0 Å². The molecule has 0 aromatic carbocycles. The molecule has 0 rings (SSSR count). The summed E-state index contributed by atoms with van der Waals surface area (Å²) in [7, 11) is 0. The summed E-state index contributed by atoms with van der Waals surface area (Å²) < 4.78 is 0. The molecule has 4 unspecified atom stereocenters. The van der Waals surface area contributed by atoms with Crippen molar-refractivity contribution in [2.45, 2.75) is 194 Å². The quantitative estimate of drug-likeness (QED) is 0.0587. The number of carbonyl (C=O) groups is 2. The van der Waals surface area contributed by atoms with E-state index in [0.717, 1.165) is 51.4 Å². The predicted molar refractivity (Wildman–Crippen MR) is 181 cm³/mol. The number of rotatable bonds is 33. The van der Waals surface area contributed by atoms with Crippen molar-refractivity contribution in [2.75, 3.05) is 0 Å². The van der Waals surface area contributed by atoms with Crippen LogP contribution in [0.1, 0.15) is 194 Å². The van der Waals surface area contributed by atoms with E-state index in [1.54, 1.807) is 0 Å². The number of hydrogen-bond donors (Lipinski definition) is 2. The van der Waals surface area contributed by atoms with Crippen molar-refractivity contribution >= 4 is 11.9 Å². The smallest absolute Gasteiger partial charge is 0.307 e. The summed E-state index contributed by atoms with van der Waals surface area (Å²) in [6.45, 7) is 10.8. The van der Waals surface area contributed by atoms with Gasteiger partial charge in [0.25, 0.3) is 0 Å². The topological polar surface area (TPSA) is 74.6 Å². The molecule has 0 aliphatic heterocycles. The van der Waals surface area contributed by atoms with Crippen LogP contribution in [-0.4, -0.2) is 22.2 Å². The van der Waals surface area contributed by atoms with Crippen LogP contribution in [0.5, 0.6) is 0 Å². The lowest BCUT2D eigenvalue weighted by molar-refractivity contribution is -0.149. The Balaban J connectivity index is 5.25. The fraction of sp³-hybridized carbons (Fsp3) is 0.895. The average molecular weight is 593 g/mol. The van der Waals surface area contributed by atoms with Gasteiger partial charge in [0.15, 0.2) is 0 Å². The lowest BCUT2D eigenvalue weighted by Gasteiger charge is -2.34. The number of unbranched alkanes of at least 4 members (excludes halogenated alkanes) is 21. The monoisotopic (exact) mass is 593 g/mol. The van der Waals surface area contributed by atoms with Gasteiger partial charge in [-0.05, 0) is 31.1 Å². The minimum Gasteiger partial charge on any atom is -0.481 e. The summed E-state index contributed by atoms with van der Waals surface area (Å²) >= 11 is 0. The highest BCUT2D eigenvalue weighted by Crippen LogP contribution is 2.38. The van der Waals surface area contributed by atoms with E-state index < -0.39 is 23.8 Å². The average Bonchev–Trinajstić information content (AvgIpc) is 2.97. The van der Waals surface area contributed by atoms with Crippen molar-refractivity contribution in [3.8, 4) is 0 Å². The molecule has 4 atom stereocenters. The van der Waals surface area contributed by atoms with Crippen LogP contribution in [0.2, 0.25) is 0 Å². The fourth-order valence-electron chi connectivity index (χ4n) is 6.81. The molecule has 0 bridgehead atoms. The number of carboxylic acids is 2. The molecular formula is C38H72O4. The van der Waals surface area contributed by atoms with Crippen LogP contribution < -0.4 is 0 Å². The summed E-state index contributed by atoms with van der Waals surface area (Å²) in [5.74, 6) is -2.99. The van der Waals surface area contributed by atoms with Gasteiger partial charge in [0, 0.05) is 0 Å². The summed E-state index contributed by atoms with van der Waals surface area (Å²) in [6.07, 6.45) is 32.5. The summed E-state index contributed by atoms with van der Waals surface area (Å²) in [5.41, 5.74) is 0. The second kappa shape index (κ2) is 29.7. The van der Waals surface area contributed by atoms with Gasteiger partial charge in [-0.1, -0.05) is 181 Å². The van der Waals surface area contributed by atoms with Gasteiger partial charge in [0.1, 0.15) is 0 Å². The number of hydrogen-bond acceptors (Lipinski definition) is 2. The van der Waals surface area contributed by atoms with Gasteiger partial charge in [-0.2, -0.15) is 0 Å². The Morgan fingerprint density at radius 3 is 1.07 bits per heavy atom. The first kappa shape index (κ1) is 40.7. The molecule has 0 radical (unpaired) electrons. The maximum absolute atomic E-state index is 12.7. The molecule has 4 heteroatoms. The Morgan fingerprint density at radius 2 is 0.762 bits per heavy atom. The van der Waals surface area contributed by atoms with Crippen LogP contribution in [0.4, 0.5) is 0 Å². The van der Waals surface area contributed by atoms with Crippen LogP contribution in [0.3, 0.4) is 0 Å². The Kier molecular flexibility index (Phi) is 28.8. The third-order valence-electron chi connectivity index (χ3n) is 9.51. The van der Waals surface area contributed by atoms with Crippen molar-refractivity contribution < 1.29 is 19.8 Å². The minimum atomic E-state index is -0.778. The van der Waals surface area contributed by atoms with Gasteiger partial charge in [-0.25, -0.2) is 0 Å². The molecular weight excluding hydrogens is 520 g/mol. The lowest BCUT2D eigenvalue weighted by atomic mass is 9.69. The van der Waals surface area contributed by atoms with Gasteiger partial charge in [0.2, 0.25) is 0 Å². The lowest BCUT2D eigenvalue weighted by Crippen LogP contribution is -2.35. The van der Waals surface area contributed by atoms with Gasteiger partial charge in [0.05, 0.1) is 11.8 Å². The molecule has 0 spiro atoms. The fourth-order valence-corrected chi connectivity index (χ4v) is 6.81. The Morgan fingerprint density at radius 1 is 0.476 bits per heavy atom. The maximum atomic E-state index is 12.7. The second-order valence-corrected chi connectivity index (χ2v) is 13.2. The number of allylic oxidation sites excluding steroid dienone is 1. The van der Waals surface area contributed by atoms with E-state index in [0.29, 0.717) is 12.8 Å². The number of aliphatic carboxylic acids is 2. The zero-order chi connectivity index (χ0) is 31.3. The van der Waals surface area contributed by atoms with Crippen LogP contribution >= 0.6 is 0 Å². The molecule has 0 amide bonds. The zero-order valence-electron chi connectivity index (χ0n) is 28.4. The first-order valence-corrected chi connectivity index (χ1v) is 18.5. The highest BCUT2D eigenvalue weighted by Gasteiger charge is 2.38. The first-order valence-electron chi connectivity index (χ1n) is 18.5. The molecule has 2 N–H and O–H groups in total. The first-order chi connectivity index (χ1) is 20.4. The SMILES string of the molecule is C=CC(C(CCCCCCCCCC)C(=O)O)C(CCCCCCCCCC)C(CCCCCCCCCC)C(=O)O. The molecule has 0 aromatic rings. The minimum absolute atomic E-state index is 0.153. The van der Waals surface area contributed by atoms with Crippen LogP contribution in [0, 0.1) is 23.7 Å². The van der Waals surface area contributed by atoms with Crippen molar-refractivity contribution in [1.82, 2.24) is 0 Å². The zero-order valence-corrected chi connectivity index (χ0v) is 28.4. The van der Waals surface area contributed by atoms with Crippen LogP contribution in [0.15, 0.2) is 12.7 Å². The molecule has 0 saturated carbocycles. The molecule has 0 aliphatic carbocycles. The van der Waals surface area contributed by atoms with Gasteiger partial charge >= 0.3 is 11.9 Å². The van der Waals surface area contributed by atoms with Gasteiger partial charge < -0.3 is 10.2 Å². The third-order valence-corrected chi connectivity index (χ3v) is 9.51. The molecule has 0 heterocycles. The molecule has 4 nitrogen and oxygen atoms in total. The van der Waals surface area contributed by atoms with Crippen molar-refractivity contribution in [2.24, 2.45) is 23.7 Å². The molecule has 0 fully saturated rings. The van der Waals surface area contributed by atoms with Gasteiger partial charge in [-0.3, -0.25) is 9.59 Å². The molecule has 42 heavy (non-hydrogen) atoms. The van der Waals surface area contributed by atoms with E-state index in [1.807, 2.05) is 6.08 Å². The van der Waals surface area contributed by atoms with E-state index in [9.17, 15) is 19.8 Å². The number of carboxylic acid groups (broad SMARTS) is 2. The highest BCUT2D eigenvalue weighted by molar-refractivity contribution is 5.72. The van der Waals surface area contributed by atoms with E-state index in [1.165, 1.54) is 109 Å². The highest BCUT2D eigenvalue weighted by atomic mass is 16.4. The van der Waals surface area contributed by atoms with Crippen molar-refractivity contribution in [3.63, 3.8) is 0 Å². The molecule has 0 aliphatic rings. The predicted octanol–water partition coefficient (Wildman–Crippen LogP) is 12.4. The Bertz CT molecular complexity index is 631. The molecule has 248 valence electrons. The van der Waals surface area contributed by atoms with E-state index >= 15 is 0 Å². The molecule has 0 aromatic heterocycles. The second-order valence-electron chi connectivity index (χ2n) is 13.2. The van der Waals surface area contributed by atoms with Gasteiger partial charge in [-0.15, -0.1) is 6.58 Å². The summed E-state index contributed by atoms with van der Waals surface area (Å²) in [5, 5.41) is 20.7. The van der Waals surface area contributed by atoms with E-state index in [-0.39, 0.29) is 11.8 Å². The van der Waals surface area contributed by atoms with Crippen molar-refractivity contribution in [3.05, 3.63) is 12.7 Å². The Hall–Kier alpha value is -1.32. The molecule has 0 saturated heterocycles. The van der Waals surface area contributed by atoms with Crippen molar-refractivity contribution in [1.29, 1.82) is 0 Å². The third kappa shape index (κ3) is 21.4. The van der Waals surface area contributed by atoms with E-state index in [2.05, 4.69) is 27.4 Å². The van der Waals surface area contributed by atoms with Crippen LogP contribution in [0.25, 0.3) is 0 Å².